The van der Waals surface area contributed by atoms with Gasteiger partial charge in [-0.3, -0.25) is 4.68 Å². The highest BCUT2D eigenvalue weighted by Gasteiger charge is 2.19. The van der Waals surface area contributed by atoms with Gasteiger partial charge in [0, 0.05) is 35.1 Å². The van der Waals surface area contributed by atoms with E-state index in [1.54, 1.807) is 35.8 Å². The van der Waals surface area contributed by atoms with Crippen molar-refractivity contribution in [3.05, 3.63) is 61.4 Å². The predicted molar refractivity (Wildman–Crippen MR) is 133 cm³/mol. The van der Waals surface area contributed by atoms with Crippen LogP contribution in [0.25, 0.3) is 22.0 Å². The van der Waals surface area contributed by atoms with E-state index in [1.165, 1.54) is 6.33 Å². The second-order valence-electron chi connectivity index (χ2n) is 7.16. The van der Waals surface area contributed by atoms with Crippen LogP contribution >= 0.6 is 11.8 Å². The maximum Gasteiger partial charge on any atom is 0.294 e. The molecule has 0 saturated carbocycles. The van der Waals surface area contributed by atoms with Gasteiger partial charge in [-0.15, -0.1) is 11.8 Å². The Morgan fingerprint density at radius 2 is 2.03 bits per heavy atom. The van der Waals surface area contributed by atoms with Crippen molar-refractivity contribution >= 4 is 39.9 Å². The molecule has 0 amide bonds. The van der Waals surface area contributed by atoms with E-state index in [9.17, 15) is 8.78 Å². The average Bonchev–Trinajstić information content (AvgIpc) is 3.48. The number of nitrogens with one attached hydrogen (secondary N) is 2. The Bertz CT molecular complexity index is 1340. The number of alkyl halides is 2. The Kier molecular flexibility index (Phi) is 6.97. The number of ether oxygens (including phenoxy) is 1. The number of aromatic nitrogens is 4. The predicted octanol–water partition coefficient (Wildman–Crippen LogP) is 6.43. The monoisotopic (exact) mass is 482 g/mol. The van der Waals surface area contributed by atoms with Crippen LogP contribution in [0.15, 0.2) is 66.3 Å². The summed E-state index contributed by atoms with van der Waals surface area (Å²) < 4.78 is 33.6. The summed E-state index contributed by atoms with van der Waals surface area (Å²) in [6.07, 6.45) is 2.11. The first kappa shape index (κ1) is 23.5. The Balaban J connectivity index is 0.00000133. The molecule has 0 spiro atoms. The minimum absolute atomic E-state index is 0.187. The SMILES string of the molecule is C=C(Oc1cc(-c2cnn(C)c2)cc2ncnc(Nc3ccc4c(c3)SCN4)c12)C(F)F.CC. The summed E-state index contributed by atoms with van der Waals surface area (Å²) in [5, 5.41) is 11.2. The Hall–Kier alpha value is -3.66. The molecule has 34 heavy (non-hydrogen) atoms. The van der Waals surface area contributed by atoms with Gasteiger partial charge in [0.05, 0.1) is 23.0 Å². The highest BCUT2D eigenvalue weighted by atomic mass is 32.2. The van der Waals surface area contributed by atoms with Crippen molar-refractivity contribution in [2.24, 2.45) is 7.05 Å². The Morgan fingerprint density at radius 1 is 1.21 bits per heavy atom. The molecule has 0 fully saturated rings. The largest absolute Gasteiger partial charge is 0.455 e. The van der Waals surface area contributed by atoms with Gasteiger partial charge in [-0.05, 0) is 35.9 Å². The minimum Gasteiger partial charge on any atom is -0.455 e. The molecule has 176 valence electrons. The standard InChI is InChI=1S/C22H18F2N6OS.C2H6/c1-12(21(23)24)31-18-6-13(14-8-28-30(2)9-14)5-17-20(18)22(26-10-25-17)29-15-3-4-16-19(7-15)32-11-27-16;1-2/h3-10,21,27H,1,11H2,2H3,(H,25,26,29);1-2H3. The minimum atomic E-state index is -2.82. The molecule has 0 atom stereocenters. The molecule has 2 aromatic carbocycles. The molecule has 0 radical (unpaired) electrons. The maximum atomic E-state index is 13.2. The van der Waals surface area contributed by atoms with E-state index < -0.39 is 12.2 Å². The molecular weight excluding hydrogens is 458 g/mol. The van der Waals surface area contributed by atoms with Crippen LogP contribution in [0.2, 0.25) is 0 Å². The quantitative estimate of drug-likeness (QED) is 0.307. The number of benzene rings is 2. The van der Waals surface area contributed by atoms with Crippen molar-refractivity contribution in [2.75, 3.05) is 16.5 Å². The fourth-order valence-corrected chi connectivity index (χ4v) is 4.33. The lowest BCUT2D eigenvalue weighted by Gasteiger charge is -2.15. The second kappa shape index (κ2) is 10.1. The van der Waals surface area contributed by atoms with Crippen LogP contribution in [-0.2, 0) is 7.05 Å². The average molecular weight is 483 g/mol. The van der Waals surface area contributed by atoms with Gasteiger partial charge in [0.15, 0.2) is 5.76 Å². The molecular formula is C24H24F2N6OS. The van der Waals surface area contributed by atoms with Gasteiger partial charge >= 0.3 is 0 Å². The van der Waals surface area contributed by atoms with Crippen LogP contribution in [0.3, 0.4) is 0 Å². The maximum absolute atomic E-state index is 13.2. The van der Waals surface area contributed by atoms with Gasteiger partial charge in [-0.2, -0.15) is 5.10 Å². The molecule has 10 heteroatoms. The fraction of sp³-hybridized carbons (Fsp3) is 0.208. The van der Waals surface area contributed by atoms with Gasteiger partial charge < -0.3 is 15.4 Å². The van der Waals surface area contributed by atoms with E-state index in [4.69, 9.17) is 4.74 Å². The first-order chi connectivity index (χ1) is 16.5. The number of hydrogen-bond donors (Lipinski definition) is 2. The molecule has 0 unspecified atom stereocenters. The van der Waals surface area contributed by atoms with Crippen LogP contribution in [-0.4, -0.2) is 32.1 Å². The summed E-state index contributed by atoms with van der Waals surface area (Å²) in [5.41, 5.74) is 3.96. The molecule has 1 aliphatic rings. The molecule has 0 saturated heterocycles. The van der Waals surface area contributed by atoms with Crippen molar-refractivity contribution in [2.45, 2.75) is 25.2 Å². The lowest BCUT2D eigenvalue weighted by Crippen LogP contribution is -2.05. The lowest BCUT2D eigenvalue weighted by atomic mass is 10.1. The lowest BCUT2D eigenvalue weighted by molar-refractivity contribution is 0.139. The van der Waals surface area contributed by atoms with Crippen LogP contribution in [0.4, 0.5) is 26.0 Å². The van der Waals surface area contributed by atoms with Gasteiger partial charge in [0.25, 0.3) is 6.43 Å². The smallest absolute Gasteiger partial charge is 0.294 e. The van der Waals surface area contributed by atoms with E-state index in [0.717, 1.165) is 33.3 Å². The number of thioether (sulfide) groups is 1. The van der Waals surface area contributed by atoms with Crippen molar-refractivity contribution in [1.82, 2.24) is 19.7 Å². The zero-order chi connectivity index (χ0) is 24.2. The van der Waals surface area contributed by atoms with E-state index in [-0.39, 0.29) is 5.75 Å². The summed E-state index contributed by atoms with van der Waals surface area (Å²) in [5.74, 6) is 0.803. The van der Waals surface area contributed by atoms with Crippen molar-refractivity contribution in [1.29, 1.82) is 0 Å². The van der Waals surface area contributed by atoms with Crippen LogP contribution < -0.4 is 15.4 Å². The Morgan fingerprint density at radius 3 is 2.76 bits per heavy atom. The third-order valence-electron chi connectivity index (χ3n) is 4.96. The second-order valence-corrected chi connectivity index (χ2v) is 8.18. The van der Waals surface area contributed by atoms with Crippen LogP contribution in [0, 0.1) is 0 Å². The van der Waals surface area contributed by atoms with Crippen LogP contribution in [0.5, 0.6) is 5.75 Å². The molecule has 4 aromatic rings. The first-order valence-corrected chi connectivity index (χ1v) is 11.7. The molecule has 2 N–H and O–H groups in total. The van der Waals surface area contributed by atoms with Gasteiger partial charge in [0.2, 0.25) is 0 Å². The van der Waals surface area contributed by atoms with Crippen LogP contribution in [0.1, 0.15) is 13.8 Å². The van der Waals surface area contributed by atoms with Gasteiger partial charge in [-0.25, -0.2) is 18.7 Å². The zero-order valence-electron chi connectivity index (χ0n) is 19.0. The summed E-state index contributed by atoms with van der Waals surface area (Å²) in [7, 11) is 1.80. The summed E-state index contributed by atoms with van der Waals surface area (Å²) in [6.45, 7) is 7.36. The third kappa shape index (κ3) is 4.81. The number of halogens is 2. The van der Waals surface area contributed by atoms with Gasteiger partial charge in [0.1, 0.15) is 17.9 Å². The molecule has 0 aliphatic carbocycles. The topological polar surface area (TPSA) is 76.9 Å². The zero-order valence-corrected chi connectivity index (χ0v) is 19.8. The highest BCUT2D eigenvalue weighted by molar-refractivity contribution is 7.99. The number of anilines is 3. The summed E-state index contributed by atoms with van der Waals surface area (Å²) in [6, 6.07) is 9.44. The fourth-order valence-electron chi connectivity index (χ4n) is 3.45. The molecule has 2 aromatic heterocycles. The molecule has 5 rings (SSSR count). The van der Waals surface area contributed by atoms with Crippen molar-refractivity contribution < 1.29 is 13.5 Å². The molecule has 3 heterocycles. The van der Waals surface area contributed by atoms with E-state index in [0.29, 0.717) is 16.7 Å². The van der Waals surface area contributed by atoms with E-state index in [2.05, 4.69) is 32.3 Å². The number of hydrogen-bond acceptors (Lipinski definition) is 7. The number of fused-ring (bicyclic) bond motifs is 2. The normalized spacial score (nSPS) is 12.1. The van der Waals surface area contributed by atoms with Gasteiger partial charge in [-0.1, -0.05) is 20.4 Å². The first-order valence-electron chi connectivity index (χ1n) is 10.7. The highest BCUT2D eigenvalue weighted by Crippen LogP contribution is 2.39. The molecule has 0 bridgehead atoms. The van der Waals surface area contributed by atoms with E-state index >= 15 is 0 Å². The van der Waals surface area contributed by atoms with Crippen molar-refractivity contribution in [3.8, 4) is 16.9 Å². The number of nitrogens with zero attached hydrogens (tertiary/aromatic N) is 4. The number of aryl methyl sites for hydroxylation is 1. The van der Waals surface area contributed by atoms with Crippen molar-refractivity contribution in [3.63, 3.8) is 0 Å². The molecule has 1 aliphatic heterocycles. The molecule has 7 nitrogen and oxygen atoms in total. The number of allylic oxidation sites excluding steroid dienone is 1. The third-order valence-corrected chi connectivity index (χ3v) is 5.90. The number of rotatable bonds is 6. The summed E-state index contributed by atoms with van der Waals surface area (Å²) >= 11 is 1.70. The summed E-state index contributed by atoms with van der Waals surface area (Å²) in [4.78, 5) is 9.83. The van der Waals surface area contributed by atoms with E-state index in [1.807, 2.05) is 44.3 Å². The Labute approximate surface area is 200 Å².